The van der Waals surface area contributed by atoms with E-state index in [2.05, 4.69) is 0 Å². The van der Waals surface area contributed by atoms with Gasteiger partial charge >= 0.3 is 0 Å². The molecule has 0 amide bonds. The molecule has 0 unspecified atom stereocenters. The van der Waals surface area contributed by atoms with E-state index in [4.69, 9.17) is 5.73 Å². The smallest absolute Gasteiger partial charge is 0.243 e. The maximum Gasteiger partial charge on any atom is 0.243 e. The number of sulfonamides is 1. The molecule has 1 rings (SSSR count). The fraction of sp³-hybridized carbons (Fsp3) is 0.455. The van der Waals surface area contributed by atoms with Gasteiger partial charge in [-0.15, -0.1) is 0 Å². The summed E-state index contributed by atoms with van der Waals surface area (Å²) in [6, 6.07) is 4.61. The number of rotatable bonds is 5. The SMILES string of the molecule is Cc1ccc(N)cc1S(=O)(=O)N(C)CCS(C)(=O)=O. The van der Waals surface area contributed by atoms with Gasteiger partial charge < -0.3 is 5.73 Å². The van der Waals surface area contributed by atoms with Gasteiger partial charge in [-0.05, 0) is 24.6 Å². The number of sulfone groups is 1. The minimum Gasteiger partial charge on any atom is -0.399 e. The quantitative estimate of drug-likeness (QED) is 0.786. The lowest BCUT2D eigenvalue weighted by molar-refractivity contribution is 0.484. The molecule has 0 aliphatic carbocycles. The lowest BCUT2D eigenvalue weighted by Crippen LogP contribution is -2.32. The molecule has 1 aromatic carbocycles. The fourth-order valence-corrected chi connectivity index (χ4v) is 3.63. The Morgan fingerprint density at radius 3 is 2.32 bits per heavy atom. The van der Waals surface area contributed by atoms with Crippen LogP contribution < -0.4 is 5.73 Å². The zero-order valence-electron chi connectivity index (χ0n) is 11.1. The van der Waals surface area contributed by atoms with E-state index in [1.807, 2.05) is 0 Å². The van der Waals surface area contributed by atoms with Crippen LogP contribution in [0.1, 0.15) is 5.56 Å². The summed E-state index contributed by atoms with van der Waals surface area (Å²) in [7, 11) is -5.59. The number of nitrogens with two attached hydrogens (primary N) is 1. The number of aryl methyl sites for hydroxylation is 1. The van der Waals surface area contributed by atoms with Crippen molar-refractivity contribution >= 4 is 25.5 Å². The maximum absolute atomic E-state index is 12.3. The second-order valence-electron chi connectivity index (χ2n) is 4.48. The van der Waals surface area contributed by atoms with E-state index in [1.165, 1.54) is 13.1 Å². The molecule has 0 aromatic heterocycles. The Hall–Kier alpha value is -1.12. The van der Waals surface area contributed by atoms with Crippen LogP contribution in [0.25, 0.3) is 0 Å². The van der Waals surface area contributed by atoms with Crippen LogP contribution in [0.5, 0.6) is 0 Å². The van der Waals surface area contributed by atoms with Crippen molar-refractivity contribution < 1.29 is 16.8 Å². The molecule has 0 radical (unpaired) electrons. The molecule has 0 saturated heterocycles. The first-order chi connectivity index (χ1) is 8.54. The monoisotopic (exact) mass is 306 g/mol. The highest BCUT2D eigenvalue weighted by atomic mass is 32.2. The van der Waals surface area contributed by atoms with E-state index in [9.17, 15) is 16.8 Å². The molecule has 0 saturated carbocycles. The summed E-state index contributed by atoms with van der Waals surface area (Å²) in [5.74, 6) is -0.218. The van der Waals surface area contributed by atoms with Gasteiger partial charge in [0.05, 0.1) is 10.6 Å². The van der Waals surface area contributed by atoms with Crippen LogP contribution >= 0.6 is 0 Å². The van der Waals surface area contributed by atoms with Crippen molar-refractivity contribution in [2.45, 2.75) is 11.8 Å². The summed E-state index contributed by atoms with van der Waals surface area (Å²) in [6.45, 7) is 1.58. The van der Waals surface area contributed by atoms with Crippen molar-refractivity contribution in [3.63, 3.8) is 0 Å². The minimum absolute atomic E-state index is 0.0879. The van der Waals surface area contributed by atoms with E-state index >= 15 is 0 Å². The number of benzene rings is 1. The van der Waals surface area contributed by atoms with E-state index in [1.54, 1.807) is 19.1 Å². The van der Waals surface area contributed by atoms with Gasteiger partial charge in [-0.25, -0.2) is 16.8 Å². The molecular weight excluding hydrogens is 288 g/mol. The first-order valence-corrected chi connectivity index (χ1v) is 9.04. The molecule has 6 nitrogen and oxygen atoms in total. The first kappa shape index (κ1) is 15.9. The van der Waals surface area contributed by atoms with Gasteiger partial charge in [0.1, 0.15) is 9.84 Å². The van der Waals surface area contributed by atoms with E-state index in [-0.39, 0.29) is 17.2 Å². The van der Waals surface area contributed by atoms with E-state index in [0.717, 1.165) is 10.6 Å². The Morgan fingerprint density at radius 1 is 1.21 bits per heavy atom. The summed E-state index contributed by atoms with van der Waals surface area (Å²) in [6.07, 6.45) is 1.07. The molecule has 0 heterocycles. The average Bonchev–Trinajstić information content (AvgIpc) is 2.28. The zero-order valence-corrected chi connectivity index (χ0v) is 12.8. The van der Waals surface area contributed by atoms with Crippen LogP contribution in [-0.2, 0) is 19.9 Å². The Balaban J connectivity index is 3.07. The molecule has 19 heavy (non-hydrogen) atoms. The fourth-order valence-electron chi connectivity index (χ4n) is 1.48. The lowest BCUT2D eigenvalue weighted by atomic mass is 10.2. The molecule has 0 bridgehead atoms. The van der Waals surface area contributed by atoms with E-state index < -0.39 is 19.9 Å². The molecule has 108 valence electrons. The number of nitrogens with zero attached hydrogens (tertiary/aromatic N) is 1. The lowest BCUT2D eigenvalue weighted by Gasteiger charge is -2.18. The molecule has 8 heteroatoms. The number of nitrogen functional groups attached to an aromatic ring is 1. The van der Waals surface area contributed by atoms with Gasteiger partial charge in [0, 0.05) is 25.5 Å². The third kappa shape index (κ3) is 4.19. The van der Waals surface area contributed by atoms with Gasteiger partial charge in [-0.2, -0.15) is 4.31 Å². The molecule has 2 N–H and O–H groups in total. The number of anilines is 1. The van der Waals surface area contributed by atoms with Crippen LogP contribution in [0.3, 0.4) is 0 Å². The Kier molecular flexibility index (Phi) is 4.59. The molecule has 0 spiro atoms. The van der Waals surface area contributed by atoms with Crippen molar-refractivity contribution in [2.75, 3.05) is 31.3 Å². The molecule has 1 aromatic rings. The second kappa shape index (κ2) is 5.48. The third-order valence-corrected chi connectivity index (χ3v) is 5.60. The molecule has 0 aliphatic heterocycles. The topological polar surface area (TPSA) is 97.5 Å². The largest absolute Gasteiger partial charge is 0.399 e. The number of hydrogen-bond acceptors (Lipinski definition) is 5. The highest BCUT2D eigenvalue weighted by molar-refractivity contribution is 7.91. The molecule has 0 atom stereocenters. The minimum atomic E-state index is -3.73. The van der Waals surface area contributed by atoms with Crippen LogP contribution in [0.15, 0.2) is 23.1 Å². The van der Waals surface area contributed by atoms with Crippen molar-refractivity contribution in [2.24, 2.45) is 0 Å². The predicted molar refractivity (Wildman–Crippen MR) is 75.1 cm³/mol. The highest BCUT2D eigenvalue weighted by Crippen LogP contribution is 2.21. The van der Waals surface area contributed by atoms with Gasteiger partial charge in [-0.1, -0.05) is 6.07 Å². The highest BCUT2D eigenvalue weighted by Gasteiger charge is 2.23. The van der Waals surface area contributed by atoms with Crippen molar-refractivity contribution in [1.29, 1.82) is 0 Å². The normalized spacial score (nSPS) is 12.8. The van der Waals surface area contributed by atoms with Crippen LogP contribution in [0.4, 0.5) is 5.69 Å². The van der Waals surface area contributed by atoms with Gasteiger partial charge in [0.2, 0.25) is 10.0 Å². The van der Waals surface area contributed by atoms with Crippen molar-refractivity contribution in [1.82, 2.24) is 4.31 Å². The first-order valence-electron chi connectivity index (χ1n) is 5.54. The Labute approximate surface area is 114 Å². The van der Waals surface area contributed by atoms with E-state index in [0.29, 0.717) is 11.3 Å². The zero-order chi connectivity index (χ0) is 14.8. The van der Waals surface area contributed by atoms with Gasteiger partial charge in [-0.3, -0.25) is 0 Å². The second-order valence-corrected chi connectivity index (χ2v) is 8.75. The predicted octanol–water partition coefficient (Wildman–Crippen LogP) is 0.242. The van der Waals surface area contributed by atoms with Gasteiger partial charge in [0.15, 0.2) is 0 Å². The average molecular weight is 306 g/mol. The van der Waals surface area contributed by atoms with Crippen LogP contribution in [-0.4, -0.2) is 46.7 Å². The Morgan fingerprint density at radius 2 is 1.79 bits per heavy atom. The Bertz CT molecular complexity index is 666. The molecular formula is C11H18N2O4S2. The summed E-state index contributed by atoms with van der Waals surface area (Å²) in [5, 5.41) is 0. The standard InChI is InChI=1S/C11H18N2O4S2/c1-9-4-5-10(12)8-11(9)19(16,17)13(2)6-7-18(3,14)15/h4-5,8H,6-7,12H2,1-3H3. The summed E-state index contributed by atoms with van der Waals surface area (Å²) in [4.78, 5) is 0.100. The maximum atomic E-state index is 12.3. The summed E-state index contributed by atoms with van der Waals surface area (Å²) in [5.41, 5.74) is 6.51. The van der Waals surface area contributed by atoms with Crippen LogP contribution in [0, 0.1) is 6.92 Å². The summed E-state index contributed by atoms with van der Waals surface area (Å²) < 4.78 is 47.8. The summed E-state index contributed by atoms with van der Waals surface area (Å²) >= 11 is 0. The third-order valence-electron chi connectivity index (χ3n) is 2.68. The van der Waals surface area contributed by atoms with Crippen molar-refractivity contribution in [3.05, 3.63) is 23.8 Å². The molecule has 0 aliphatic rings. The number of hydrogen-bond donors (Lipinski definition) is 1. The van der Waals surface area contributed by atoms with Gasteiger partial charge in [0.25, 0.3) is 0 Å². The molecule has 0 fully saturated rings. The van der Waals surface area contributed by atoms with Crippen molar-refractivity contribution in [3.8, 4) is 0 Å². The van der Waals surface area contributed by atoms with Crippen LogP contribution in [0.2, 0.25) is 0 Å².